The molecule has 0 aliphatic carbocycles. The first kappa shape index (κ1) is 26.4. The largest absolute Gasteiger partial charge is 0.483 e. The summed E-state index contributed by atoms with van der Waals surface area (Å²) in [6.07, 6.45) is -5.82. The number of nitrogens with zero attached hydrogens (tertiary/aromatic N) is 2. The molecule has 2 aromatic carbocycles. The minimum absolute atomic E-state index is 0.0508. The van der Waals surface area contributed by atoms with Gasteiger partial charge in [0.25, 0.3) is 5.91 Å². The van der Waals surface area contributed by atoms with Gasteiger partial charge in [0, 0.05) is 42.4 Å². The summed E-state index contributed by atoms with van der Waals surface area (Å²) in [5, 5.41) is 2.65. The molecule has 198 valence electrons. The highest BCUT2D eigenvalue weighted by atomic mass is 19.4. The Morgan fingerprint density at radius 2 is 1.78 bits per heavy atom. The van der Waals surface area contributed by atoms with Crippen LogP contribution < -0.4 is 10.1 Å². The van der Waals surface area contributed by atoms with Crippen molar-refractivity contribution in [3.8, 4) is 5.75 Å². The molecule has 37 heavy (non-hydrogen) atoms. The number of likely N-dealkylation sites (N-methyl/N-ethyl adjacent to an activating group) is 1. The van der Waals surface area contributed by atoms with E-state index in [0.717, 1.165) is 12.1 Å². The zero-order chi connectivity index (χ0) is 27.3. The summed E-state index contributed by atoms with van der Waals surface area (Å²) in [5.41, 5.74) is -0.896. The summed E-state index contributed by atoms with van der Waals surface area (Å²) in [7, 11) is 1.51. The molecule has 0 aromatic heterocycles. The van der Waals surface area contributed by atoms with Gasteiger partial charge in [0.15, 0.2) is 0 Å². The second-order valence-corrected chi connectivity index (χ2v) is 9.46. The van der Waals surface area contributed by atoms with Crippen LogP contribution in [-0.2, 0) is 12.5 Å². The molecule has 1 N–H and O–H groups in total. The fourth-order valence-corrected chi connectivity index (χ4v) is 4.55. The molecule has 3 amide bonds. The first-order valence-electron chi connectivity index (χ1n) is 11.6. The Morgan fingerprint density at radius 3 is 2.41 bits per heavy atom. The van der Waals surface area contributed by atoms with Crippen LogP contribution >= 0.6 is 0 Å². The predicted octanol–water partition coefficient (Wildman–Crippen LogP) is 5.54. The lowest BCUT2D eigenvalue weighted by molar-refractivity contribution is -0.289. The molecular weight excluding hydrogens is 497 g/mol. The molecule has 0 radical (unpaired) electrons. The zero-order valence-corrected chi connectivity index (χ0v) is 20.7. The number of rotatable bonds is 5. The highest BCUT2D eigenvalue weighted by Gasteiger charge is 2.59. The van der Waals surface area contributed by atoms with Crippen molar-refractivity contribution in [3.05, 3.63) is 70.3 Å². The number of hydrogen-bond acceptors (Lipinski definition) is 3. The molecule has 6 nitrogen and oxygen atoms in total. The summed E-state index contributed by atoms with van der Waals surface area (Å²) >= 11 is 0. The van der Waals surface area contributed by atoms with Crippen LogP contribution in [0.4, 0.5) is 26.7 Å². The predicted molar refractivity (Wildman–Crippen MR) is 126 cm³/mol. The number of benzene rings is 2. The molecule has 0 saturated carbocycles. The molecular formula is C26H26F5N3O3. The minimum Gasteiger partial charge on any atom is -0.483 e. The number of nitrogens with one attached hydrogen (secondary N) is 1. The van der Waals surface area contributed by atoms with Crippen molar-refractivity contribution in [2.45, 2.75) is 45.0 Å². The van der Waals surface area contributed by atoms with Crippen molar-refractivity contribution in [2.24, 2.45) is 0 Å². The van der Waals surface area contributed by atoms with Gasteiger partial charge in [-0.3, -0.25) is 4.79 Å². The Balaban J connectivity index is 1.94. The highest BCUT2D eigenvalue weighted by Crippen LogP contribution is 2.49. The van der Waals surface area contributed by atoms with E-state index in [0.29, 0.717) is 29.3 Å². The van der Waals surface area contributed by atoms with E-state index >= 15 is 0 Å². The summed E-state index contributed by atoms with van der Waals surface area (Å²) in [6.45, 7) is 5.46. The second-order valence-electron chi connectivity index (χ2n) is 9.46. The third-order valence-corrected chi connectivity index (χ3v) is 6.49. The van der Waals surface area contributed by atoms with E-state index in [1.807, 2.05) is 0 Å². The normalized spacial score (nSPS) is 16.8. The van der Waals surface area contributed by atoms with Gasteiger partial charge >= 0.3 is 18.1 Å². The van der Waals surface area contributed by atoms with Crippen LogP contribution in [0.3, 0.4) is 0 Å². The summed E-state index contributed by atoms with van der Waals surface area (Å²) in [6, 6.07) is 8.82. The van der Waals surface area contributed by atoms with Gasteiger partial charge in [-0.15, -0.1) is 0 Å². The first-order chi connectivity index (χ1) is 17.2. The monoisotopic (exact) mass is 523 g/mol. The Labute approximate surface area is 210 Å². The van der Waals surface area contributed by atoms with E-state index in [1.165, 1.54) is 16.8 Å². The standard InChI is InChI=1S/C26H26F5N3O3/c1-5-32-23(36)33(4)14-19-21(34-13-15-8-6-7-9-17(15)22(34)35)18-12-16(25(27,28)26(29,30)31)10-11-20(18)37-24(19,2)3/h6-12H,5,13-14H2,1-4H3,(H,32,36). The maximum absolute atomic E-state index is 14.4. The number of urea groups is 1. The Kier molecular flexibility index (Phi) is 6.46. The molecule has 2 aliphatic heterocycles. The summed E-state index contributed by atoms with van der Waals surface area (Å²) in [5.74, 6) is -5.51. The van der Waals surface area contributed by atoms with Crippen molar-refractivity contribution in [2.75, 3.05) is 20.1 Å². The number of amides is 3. The number of fused-ring (bicyclic) bond motifs is 2. The van der Waals surface area contributed by atoms with Crippen molar-refractivity contribution in [1.82, 2.24) is 15.1 Å². The Bertz CT molecular complexity index is 1290. The van der Waals surface area contributed by atoms with Gasteiger partial charge < -0.3 is 19.9 Å². The lowest BCUT2D eigenvalue weighted by atomic mass is 9.87. The number of hydrogen-bond donors (Lipinski definition) is 1. The lowest BCUT2D eigenvalue weighted by Crippen LogP contribution is -2.46. The Hall–Kier alpha value is -3.63. The van der Waals surface area contributed by atoms with E-state index in [2.05, 4.69) is 5.32 Å². The molecule has 2 aliphatic rings. The smallest absolute Gasteiger partial charge is 0.458 e. The average molecular weight is 524 g/mol. The molecule has 4 rings (SSSR count). The molecule has 0 spiro atoms. The summed E-state index contributed by atoms with van der Waals surface area (Å²) in [4.78, 5) is 28.6. The molecule has 0 fully saturated rings. The highest BCUT2D eigenvalue weighted by molar-refractivity contribution is 6.04. The number of halogens is 5. The van der Waals surface area contributed by atoms with E-state index in [1.54, 1.807) is 45.0 Å². The van der Waals surface area contributed by atoms with Gasteiger partial charge in [0.1, 0.15) is 11.4 Å². The van der Waals surface area contributed by atoms with Gasteiger partial charge in [-0.05, 0) is 50.6 Å². The van der Waals surface area contributed by atoms with Crippen LogP contribution in [0.15, 0.2) is 48.0 Å². The fourth-order valence-electron chi connectivity index (χ4n) is 4.55. The maximum atomic E-state index is 14.4. The van der Waals surface area contributed by atoms with Crippen LogP contribution in [0, 0.1) is 0 Å². The number of ether oxygens (including phenoxy) is 1. The van der Waals surface area contributed by atoms with Gasteiger partial charge in [-0.25, -0.2) is 4.79 Å². The van der Waals surface area contributed by atoms with E-state index < -0.39 is 35.2 Å². The molecule has 0 atom stereocenters. The lowest BCUT2D eigenvalue weighted by Gasteiger charge is -2.41. The van der Waals surface area contributed by atoms with Crippen LogP contribution in [-0.4, -0.2) is 53.7 Å². The molecule has 0 saturated heterocycles. The summed E-state index contributed by atoms with van der Waals surface area (Å²) < 4.78 is 74.4. The zero-order valence-electron chi connectivity index (χ0n) is 20.7. The van der Waals surface area contributed by atoms with E-state index in [4.69, 9.17) is 4.74 Å². The topological polar surface area (TPSA) is 61.9 Å². The van der Waals surface area contributed by atoms with Gasteiger partial charge in [-0.2, -0.15) is 22.0 Å². The molecule has 2 aromatic rings. The Morgan fingerprint density at radius 1 is 1.11 bits per heavy atom. The van der Waals surface area contributed by atoms with Gasteiger partial charge in [-0.1, -0.05) is 18.2 Å². The first-order valence-corrected chi connectivity index (χ1v) is 11.6. The number of carbonyl (C=O) groups excluding carboxylic acids is 2. The third kappa shape index (κ3) is 4.51. The quantitative estimate of drug-likeness (QED) is 0.524. The minimum atomic E-state index is -5.82. The SMILES string of the molecule is CCNC(=O)N(C)CC1=C(N2Cc3ccccc3C2=O)c2cc(C(F)(F)C(F)(F)F)ccc2OC1(C)C. The maximum Gasteiger partial charge on any atom is 0.458 e. The van der Waals surface area contributed by atoms with E-state index in [-0.39, 0.29) is 30.1 Å². The van der Waals surface area contributed by atoms with Crippen LogP contribution in [0.1, 0.15) is 47.8 Å². The van der Waals surface area contributed by atoms with Crippen LogP contribution in [0.2, 0.25) is 0 Å². The fraction of sp³-hybridized carbons (Fsp3) is 0.385. The molecule has 2 heterocycles. The van der Waals surface area contributed by atoms with Crippen molar-refractivity contribution in [3.63, 3.8) is 0 Å². The molecule has 0 bridgehead atoms. The molecule has 11 heteroatoms. The van der Waals surface area contributed by atoms with E-state index in [9.17, 15) is 31.5 Å². The van der Waals surface area contributed by atoms with Crippen LogP contribution in [0.25, 0.3) is 5.70 Å². The average Bonchev–Trinajstić information content (AvgIpc) is 3.14. The van der Waals surface area contributed by atoms with Crippen molar-refractivity contribution >= 4 is 17.6 Å². The van der Waals surface area contributed by atoms with Crippen LogP contribution in [0.5, 0.6) is 5.75 Å². The van der Waals surface area contributed by atoms with Gasteiger partial charge in [0.2, 0.25) is 0 Å². The number of carbonyl (C=O) groups is 2. The van der Waals surface area contributed by atoms with Gasteiger partial charge in [0.05, 0.1) is 12.2 Å². The van der Waals surface area contributed by atoms with Crippen molar-refractivity contribution in [1.29, 1.82) is 0 Å². The van der Waals surface area contributed by atoms with Crippen molar-refractivity contribution < 1.29 is 36.3 Å². The second kappa shape index (κ2) is 9.04. The third-order valence-electron chi connectivity index (χ3n) is 6.49. The molecule has 0 unspecified atom stereocenters. The number of alkyl halides is 5.